The molecule has 2 rings (SSSR count). The Kier molecular flexibility index (Phi) is 6.85. The first-order valence-electron chi connectivity index (χ1n) is 9.25. The van der Waals surface area contributed by atoms with E-state index in [4.69, 9.17) is 10.5 Å². The van der Waals surface area contributed by atoms with Crippen molar-refractivity contribution in [3.8, 4) is 5.75 Å². The van der Waals surface area contributed by atoms with E-state index in [1.807, 2.05) is 39.0 Å². The molecule has 1 amide bonds. The molecule has 1 heterocycles. The quantitative estimate of drug-likeness (QED) is 0.830. The molecule has 1 aromatic rings. The van der Waals surface area contributed by atoms with Crippen LogP contribution in [-0.4, -0.2) is 43.6 Å². The molecule has 140 valence electrons. The van der Waals surface area contributed by atoms with Crippen LogP contribution >= 0.6 is 0 Å². The molecule has 25 heavy (non-hydrogen) atoms. The number of ether oxygens (including phenoxy) is 1. The molecule has 1 unspecified atom stereocenters. The summed E-state index contributed by atoms with van der Waals surface area (Å²) in [5, 5.41) is 3.08. The van der Waals surface area contributed by atoms with Crippen LogP contribution in [0.4, 0.5) is 0 Å². The molecule has 1 aliphatic rings. The van der Waals surface area contributed by atoms with Crippen molar-refractivity contribution < 1.29 is 9.53 Å². The molecule has 3 N–H and O–H groups in total. The van der Waals surface area contributed by atoms with Gasteiger partial charge in [0, 0.05) is 12.1 Å². The molecule has 1 aromatic carbocycles. The lowest BCUT2D eigenvalue weighted by Crippen LogP contribution is -2.50. The average molecular weight is 348 g/mol. The third-order valence-corrected chi connectivity index (χ3v) is 5.01. The van der Waals surface area contributed by atoms with Gasteiger partial charge in [0.05, 0.1) is 19.2 Å². The van der Waals surface area contributed by atoms with Crippen LogP contribution in [-0.2, 0) is 4.79 Å². The number of methoxy groups -OCH3 is 1. The summed E-state index contributed by atoms with van der Waals surface area (Å²) in [6.07, 6.45) is 3.67. The van der Waals surface area contributed by atoms with Crippen LogP contribution in [0.2, 0.25) is 0 Å². The maximum Gasteiger partial charge on any atom is 0.237 e. The second-order valence-corrected chi connectivity index (χ2v) is 7.94. The van der Waals surface area contributed by atoms with Gasteiger partial charge in [-0.25, -0.2) is 0 Å². The molecule has 0 bridgehead atoms. The zero-order chi connectivity index (χ0) is 18.4. The van der Waals surface area contributed by atoms with E-state index in [9.17, 15) is 4.79 Å². The summed E-state index contributed by atoms with van der Waals surface area (Å²) in [6, 6.07) is 7.66. The fraction of sp³-hybridized carbons (Fsp3) is 0.650. The largest absolute Gasteiger partial charge is 0.496 e. The predicted octanol–water partition coefficient (Wildman–Crippen LogP) is 2.71. The molecular formula is C20H33N3O2. The number of para-hydroxylation sites is 1. The summed E-state index contributed by atoms with van der Waals surface area (Å²) in [6.45, 7) is 8.59. The molecule has 0 spiro atoms. The summed E-state index contributed by atoms with van der Waals surface area (Å²) >= 11 is 0. The molecule has 5 nitrogen and oxygen atoms in total. The van der Waals surface area contributed by atoms with Crippen molar-refractivity contribution in [2.24, 2.45) is 11.1 Å². The highest BCUT2D eigenvalue weighted by Crippen LogP contribution is 2.31. The summed E-state index contributed by atoms with van der Waals surface area (Å²) in [4.78, 5) is 14.9. The third kappa shape index (κ3) is 5.19. The van der Waals surface area contributed by atoms with Crippen molar-refractivity contribution in [3.05, 3.63) is 29.8 Å². The van der Waals surface area contributed by atoms with Crippen molar-refractivity contribution in [2.75, 3.05) is 26.7 Å². The van der Waals surface area contributed by atoms with Gasteiger partial charge < -0.3 is 15.8 Å². The highest BCUT2D eigenvalue weighted by atomic mass is 16.5. The molecule has 0 radical (unpaired) electrons. The van der Waals surface area contributed by atoms with E-state index in [1.54, 1.807) is 7.11 Å². The second kappa shape index (κ2) is 8.68. The molecule has 1 aliphatic heterocycles. The number of piperidine rings is 1. The SMILES string of the molecule is COc1ccccc1C(CNC(=O)[C@@H](N)C(C)(C)C)N1CCCCC1. The molecule has 1 saturated heterocycles. The number of carbonyl (C=O) groups excluding carboxylic acids is 1. The van der Waals surface area contributed by atoms with E-state index in [1.165, 1.54) is 19.3 Å². The molecule has 0 aromatic heterocycles. The minimum Gasteiger partial charge on any atom is -0.496 e. The fourth-order valence-corrected chi connectivity index (χ4v) is 3.31. The number of benzene rings is 1. The molecule has 5 heteroatoms. The minimum absolute atomic E-state index is 0.0931. The number of nitrogens with two attached hydrogens (primary N) is 1. The number of likely N-dealkylation sites (tertiary alicyclic amines) is 1. The van der Waals surface area contributed by atoms with Crippen LogP contribution < -0.4 is 15.8 Å². The number of nitrogens with zero attached hydrogens (tertiary/aromatic N) is 1. The van der Waals surface area contributed by atoms with Gasteiger partial charge in [-0.2, -0.15) is 0 Å². The van der Waals surface area contributed by atoms with Gasteiger partial charge in [-0.05, 0) is 37.4 Å². The van der Waals surface area contributed by atoms with Gasteiger partial charge in [0.2, 0.25) is 5.91 Å². The Morgan fingerprint density at radius 2 is 1.88 bits per heavy atom. The highest BCUT2D eigenvalue weighted by Gasteiger charge is 2.30. The first-order valence-corrected chi connectivity index (χ1v) is 9.25. The van der Waals surface area contributed by atoms with Crippen molar-refractivity contribution >= 4 is 5.91 Å². The summed E-state index contributed by atoms with van der Waals surface area (Å²) < 4.78 is 5.56. The van der Waals surface area contributed by atoms with E-state index in [0.29, 0.717) is 6.54 Å². The fourth-order valence-electron chi connectivity index (χ4n) is 3.31. The molecule has 0 saturated carbocycles. The minimum atomic E-state index is -0.521. The standard InChI is InChI=1S/C20H33N3O2/c1-20(2,3)18(21)19(24)22-14-16(23-12-8-5-9-13-23)15-10-6-7-11-17(15)25-4/h6-7,10-11,16,18H,5,8-9,12-14,21H2,1-4H3,(H,22,24)/t16?,18-/m1/s1. The Hall–Kier alpha value is -1.59. The van der Waals surface area contributed by atoms with Crippen LogP contribution in [0.15, 0.2) is 24.3 Å². The number of amides is 1. The van der Waals surface area contributed by atoms with Crippen LogP contribution in [0, 0.1) is 5.41 Å². The van der Waals surface area contributed by atoms with Crippen molar-refractivity contribution in [1.29, 1.82) is 0 Å². The van der Waals surface area contributed by atoms with Crippen LogP contribution in [0.25, 0.3) is 0 Å². The Balaban J connectivity index is 2.16. The topological polar surface area (TPSA) is 67.6 Å². The van der Waals surface area contributed by atoms with Crippen molar-refractivity contribution in [3.63, 3.8) is 0 Å². The molecule has 2 atom stereocenters. The zero-order valence-corrected chi connectivity index (χ0v) is 16.0. The first kappa shape index (κ1) is 19.7. The van der Waals surface area contributed by atoms with E-state index < -0.39 is 6.04 Å². The van der Waals surface area contributed by atoms with Gasteiger partial charge >= 0.3 is 0 Å². The monoisotopic (exact) mass is 347 g/mol. The summed E-state index contributed by atoms with van der Waals surface area (Å²) in [7, 11) is 1.69. The van der Waals surface area contributed by atoms with Gasteiger partial charge in [0.25, 0.3) is 0 Å². The average Bonchev–Trinajstić information content (AvgIpc) is 2.61. The highest BCUT2D eigenvalue weighted by molar-refractivity contribution is 5.82. The Labute approximate surface area is 151 Å². The number of rotatable bonds is 6. The maximum absolute atomic E-state index is 12.5. The maximum atomic E-state index is 12.5. The number of carbonyl (C=O) groups is 1. The third-order valence-electron chi connectivity index (χ3n) is 5.01. The Bertz CT molecular complexity index is 562. The van der Waals surface area contributed by atoms with Crippen LogP contribution in [0.5, 0.6) is 5.75 Å². The van der Waals surface area contributed by atoms with E-state index in [0.717, 1.165) is 24.4 Å². The number of nitrogens with one attached hydrogen (secondary N) is 1. The zero-order valence-electron chi connectivity index (χ0n) is 16.0. The lowest BCUT2D eigenvalue weighted by molar-refractivity contribution is -0.124. The summed E-state index contributed by atoms with van der Waals surface area (Å²) in [5.74, 6) is 0.775. The first-order chi connectivity index (χ1) is 11.8. The number of hydrogen-bond donors (Lipinski definition) is 2. The smallest absolute Gasteiger partial charge is 0.237 e. The van der Waals surface area contributed by atoms with E-state index in [2.05, 4.69) is 16.3 Å². The van der Waals surface area contributed by atoms with E-state index >= 15 is 0 Å². The van der Waals surface area contributed by atoms with Crippen LogP contribution in [0.1, 0.15) is 51.6 Å². The molecule has 0 aliphatic carbocycles. The lowest BCUT2D eigenvalue weighted by atomic mass is 9.87. The van der Waals surface area contributed by atoms with Gasteiger partial charge in [0.1, 0.15) is 5.75 Å². The van der Waals surface area contributed by atoms with Crippen LogP contribution in [0.3, 0.4) is 0 Å². The van der Waals surface area contributed by atoms with Gasteiger partial charge in [-0.3, -0.25) is 9.69 Å². The lowest BCUT2D eigenvalue weighted by Gasteiger charge is -2.36. The Morgan fingerprint density at radius 1 is 1.24 bits per heavy atom. The summed E-state index contributed by atoms with van der Waals surface area (Å²) in [5.41, 5.74) is 6.97. The molecular weight excluding hydrogens is 314 g/mol. The number of hydrogen-bond acceptors (Lipinski definition) is 4. The van der Waals surface area contributed by atoms with Crippen molar-refractivity contribution in [1.82, 2.24) is 10.2 Å². The predicted molar refractivity (Wildman–Crippen MR) is 102 cm³/mol. The van der Waals surface area contributed by atoms with Gasteiger partial charge in [-0.1, -0.05) is 45.4 Å². The second-order valence-electron chi connectivity index (χ2n) is 7.94. The Morgan fingerprint density at radius 3 is 2.48 bits per heavy atom. The van der Waals surface area contributed by atoms with Gasteiger partial charge in [0.15, 0.2) is 0 Å². The van der Waals surface area contributed by atoms with Gasteiger partial charge in [-0.15, -0.1) is 0 Å². The van der Waals surface area contributed by atoms with E-state index in [-0.39, 0.29) is 17.4 Å². The van der Waals surface area contributed by atoms with Crippen molar-refractivity contribution in [2.45, 2.75) is 52.1 Å². The molecule has 1 fully saturated rings. The normalized spacial score (nSPS) is 18.4.